The lowest BCUT2D eigenvalue weighted by molar-refractivity contribution is -0.120. The number of halogens is 1. The Morgan fingerprint density at radius 1 is 1.21 bits per heavy atom. The van der Waals surface area contributed by atoms with Gasteiger partial charge in [-0.1, -0.05) is 44.2 Å². The van der Waals surface area contributed by atoms with Crippen LogP contribution in [0.15, 0.2) is 48.5 Å². The first-order valence-corrected chi connectivity index (χ1v) is 10.6. The molecule has 0 unspecified atom stereocenters. The highest BCUT2D eigenvalue weighted by Crippen LogP contribution is 2.28. The summed E-state index contributed by atoms with van der Waals surface area (Å²) in [6.07, 6.45) is 1.00. The molecule has 5 nitrogen and oxygen atoms in total. The molecule has 0 bridgehead atoms. The van der Waals surface area contributed by atoms with Gasteiger partial charge >= 0.3 is 6.09 Å². The maximum absolute atomic E-state index is 12.9. The summed E-state index contributed by atoms with van der Waals surface area (Å²) in [6.45, 7) is 4.95. The molecule has 0 saturated carbocycles. The summed E-state index contributed by atoms with van der Waals surface area (Å²) in [7, 11) is 0. The van der Waals surface area contributed by atoms with Crippen molar-refractivity contribution in [2.75, 3.05) is 11.9 Å². The second-order valence-corrected chi connectivity index (χ2v) is 8.51. The fourth-order valence-electron chi connectivity index (χ4n) is 3.40. The van der Waals surface area contributed by atoms with Crippen LogP contribution >= 0.6 is 22.6 Å². The van der Waals surface area contributed by atoms with Gasteiger partial charge < -0.3 is 10.1 Å². The molecule has 1 aliphatic heterocycles. The first-order chi connectivity index (χ1) is 13.5. The molecule has 0 spiro atoms. The van der Waals surface area contributed by atoms with Gasteiger partial charge in [-0.15, -0.1) is 0 Å². The van der Waals surface area contributed by atoms with Gasteiger partial charge in [-0.2, -0.15) is 0 Å². The zero-order valence-corrected chi connectivity index (χ0v) is 18.3. The van der Waals surface area contributed by atoms with Crippen molar-refractivity contribution in [3.8, 4) is 0 Å². The lowest BCUT2D eigenvalue weighted by Crippen LogP contribution is -2.43. The monoisotopic (exact) mass is 492 g/mol. The van der Waals surface area contributed by atoms with E-state index >= 15 is 0 Å². The molecular weight excluding hydrogens is 467 g/mol. The minimum atomic E-state index is -0.498. The van der Waals surface area contributed by atoms with Gasteiger partial charge in [-0.05, 0) is 70.7 Å². The lowest BCUT2D eigenvalue weighted by atomic mass is 10.0. The molecule has 148 valence electrons. The van der Waals surface area contributed by atoms with E-state index in [-0.39, 0.29) is 12.5 Å². The van der Waals surface area contributed by atoms with Crippen molar-refractivity contribution in [2.45, 2.75) is 45.3 Å². The number of benzene rings is 2. The molecule has 2 amide bonds. The van der Waals surface area contributed by atoms with Gasteiger partial charge in [0.05, 0.1) is 0 Å². The molecule has 1 fully saturated rings. The number of ether oxygens (including phenoxy) is 1. The molecule has 2 aromatic rings. The van der Waals surface area contributed by atoms with Gasteiger partial charge in [-0.25, -0.2) is 4.79 Å². The van der Waals surface area contributed by atoms with E-state index < -0.39 is 12.1 Å². The number of anilines is 1. The molecule has 2 aromatic carbocycles. The first kappa shape index (κ1) is 20.6. The molecule has 3 rings (SSSR count). The Morgan fingerprint density at radius 3 is 2.68 bits per heavy atom. The molecule has 1 N–H and O–H groups in total. The Morgan fingerprint density at radius 2 is 1.96 bits per heavy atom. The van der Waals surface area contributed by atoms with Crippen molar-refractivity contribution in [2.24, 2.45) is 0 Å². The zero-order valence-electron chi connectivity index (χ0n) is 16.2. The number of nitrogens with zero attached hydrogens (tertiary/aromatic N) is 1. The average Bonchev–Trinajstić information content (AvgIpc) is 3.18. The minimum Gasteiger partial charge on any atom is -0.445 e. The van der Waals surface area contributed by atoms with Crippen molar-refractivity contribution in [3.05, 3.63) is 63.2 Å². The van der Waals surface area contributed by atoms with Crippen LogP contribution in [0.3, 0.4) is 0 Å². The van der Waals surface area contributed by atoms with Crippen LogP contribution in [0.1, 0.15) is 43.7 Å². The smallest absolute Gasteiger partial charge is 0.410 e. The molecule has 1 aliphatic rings. The summed E-state index contributed by atoms with van der Waals surface area (Å²) in [5.74, 6) is 0.137. The standard InChI is InChI=1S/C22H25IN2O3/c1-15(2)18-13-17(23)10-11-19(18)24-21(26)20-9-6-12-25(20)22(27)28-14-16-7-4-3-5-8-16/h3-5,7-8,10-11,13,15,20H,6,9,12,14H2,1-2H3,(H,24,26)/t20-/m0/s1. The van der Waals surface area contributed by atoms with Gasteiger partial charge in [0.2, 0.25) is 5.91 Å². The van der Waals surface area contributed by atoms with Crippen LogP contribution in [0, 0.1) is 3.57 Å². The van der Waals surface area contributed by atoms with Gasteiger partial charge in [0.25, 0.3) is 0 Å². The van der Waals surface area contributed by atoms with Crippen LogP contribution in [-0.4, -0.2) is 29.5 Å². The number of carbonyl (C=O) groups is 2. The number of hydrogen-bond donors (Lipinski definition) is 1. The molecule has 0 aromatic heterocycles. The molecular formula is C22H25IN2O3. The van der Waals surface area contributed by atoms with Crippen LogP contribution in [0.2, 0.25) is 0 Å². The zero-order chi connectivity index (χ0) is 20.1. The maximum atomic E-state index is 12.9. The summed E-state index contributed by atoms with van der Waals surface area (Å²) in [6, 6.07) is 15.0. The number of likely N-dealkylation sites (tertiary alicyclic amines) is 1. The fourth-order valence-corrected chi connectivity index (χ4v) is 3.92. The number of rotatable bonds is 5. The summed E-state index contributed by atoms with van der Waals surface area (Å²) in [5, 5.41) is 3.03. The molecule has 28 heavy (non-hydrogen) atoms. The van der Waals surface area contributed by atoms with Crippen LogP contribution in [0.4, 0.5) is 10.5 Å². The van der Waals surface area contributed by atoms with E-state index in [1.165, 1.54) is 0 Å². The van der Waals surface area contributed by atoms with Crippen LogP contribution < -0.4 is 5.32 Å². The number of hydrogen-bond acceptors (Lipinski definition) is 3. The minimum absolute atomic E-state index is 0.155. The third-order valence-corrected chi connectivity index (χ3v) is 5.56. The Bertz CT molecular complexity index is 839. The van der Waals surface area contributed by atoms with Gasteiger partial charge in [-0.3, -0.25) is 9.69 Å². The summed E-state index contributed by atoms with van der Waals surface area (Å²) >= 11 is 2.27. The highest BCUT2D eigenvalue weighted by Gasteiger charge is 2.35. The highest BCUT2D eigenvalue weighted by atomic mass is 127. The van der Waals surface area contributed by atoms with E-state index in [9.17, 15) is 9.59 Å². The Balaban J connectivity index is 1.65. The SMILES string of the molecule is CC(C)c1cc(I)ccc1NC(=O)[C@@H]1CCCN1C(=O)OCc1ccccc1. The van der Waals surface area contributed by atoms with Gasteiger partial charge in [0.1, 0.15) is 12.6 Å². The van der Waals surface area contributed by atoms with E-state index in [2.05, 4.69) is 47.8 Å². The average molecular weight is 492 g/mol. The Labute approximate surface area is 179 Å². The molecule has 1 atom stereocenters. The third kappa shape index (κ3) is 5.04. The predicted molar refractivity (Wildman–Crippen MR) is 118 cm³/mol. The second-order valence-electron chi connectivity index (χ2n) is 7.27. The van der Waals surface area contributed by atoms with Crippen molar-refractivity contribution in [1.82, 2.24) is 4.90 Å². The normalized spacial score (nSPS) is 16.3. The second kappa shape index (κ2) is 9.41. The maximum Gasteiger partial charge on any atom is 0.410 e. The van der Waals surface area contributed by atoms with E-state index in [1.54, 1.807) is 4.90 Å². The predicted octanol–water partition coefficient (Wildman–Crippen LogP) is 5.15. The molecule has 0 radical (unpaired) electrons. The van der Waals surface area contributed by atoms with E-state index in [1.807, 2.05) is 42.5 Å². The number of amides is 2. The third-order valence-electron chi connectivity index (χ3n) is 4.89. The van der Waals surface area contributed by atoms with Crippen LogP contribution in [-0.2, 0) is 16.1 Å². The highest BCUT2D eigenvalue weighted by molar-refractivity contribution is 14.1. The molecule has 1 heterocycles. The number of nitrogens with one attached hydrogen (secondary N) is 1. The van der Waals surface area contributed by atoms with E-state index in [0.29, 0.717) is 18.9 Å². The fraction of sp³-hybridized carbons (Fsp3) is 0.364. The van der Waals surface area contributed by atoms with Crippen molar-refractivity contribution < 1.29 is 14.3 Å². The van der Waals surface area contributed by atoms with Gasteiger partial charge in [0.15, 0.2) is 0 Å². The van der Waals surface area contributed by atoms with Crippen molar-refractivity contribution in [1.29, 1.82) is 0 Å². The largest absolute Gasteiger partial charge is 0.445 e. The summed E-state index contributed by atoms with van der Waals surface area (Å²) in [5.41, 5.74) is 2.83. The van der Waals surface area contributed by atoms with E-state index in [4.69, 9.17) is 4.74 Å². The van der Waals surface area contributed by atoms with Gasteiger partial charge in [0, 0.05) is 15.8 Å². The number of carbonyl (C=O) groups excluding carboxylic acids is 2. The summed E-state index contributed by atoms with van der Waals surface area (Å²) < 4.78 is 6.56. The topological polar surface area (TPSA) is 58.6 Å². The molecule has 0 aliphatic carbocycles. The first-order valence-electron chi connectivity index (χ1n) is 9.53. The van der Waals surface area contributed by atoms with E-state index in [0.717, 1.165) is 26.8 Å². The molecule has 6 heteroatoms. The van der Waals surface area contributed by atoms with Crippen molar-refractivity contribution in [3.63, 3.8) is 0 Å². The van der Waals surface area contributed by atoms with Crippen molar-refractivity contribution >= 4 is 40.3 Å². The molecule has 1 saturated heterocycles. The van der Waals surface area contributed by atoms with Crippen LogP contribution in [0.5, 0.6) is 0 Å². The Hall–Kier alpha value is -2.09. The Kier molecular flexibility index (Phi) is 6.93. The summed E-state index contributed by atoms with van der Waals surface area (Å²) in [4.78, 5) is 27.0. The lowest BCUT2D eigenvalue weighted by Gasteiger charge is -2.24. The van der Waals surface area contributed by atoms with Crippen LogP contribution in [0.25, 0.3) is 0 Å². The quantitative estimate of drug-likeness (QED) is 0.588.